The average molecular weight is 505 g/mol. The number of benzene rings is 3. The van der Waals surface area contributed by atoms with E-state index >= 15 is 0 Å². The predicted octanol–water partition coefficient (Wildman–Crippen LogP) is 5.79. The van der Waals surface area contributed by atoms with Crippen molar-refractivity contribution in [3.8, 4) is 0 Å². The Labute approximate surface area is 224 Å². The molecule has 192 valence electrons. The normalized spacial score (nSPS) is 20.6. The van der Waals surface area contributed by atoms with Gasteiger partial charge in [0.1, 0.15) is 5.69 Å². The zero-order valence-electron chi connectivity index (χ0n) is 21.7. The van der Waals surface area contributed by atoms with E-state index in [1.807, 2.05) is 30.7 Å². The molecule has 2 aliphatic heterocycles. The number of aliphatic imine (C=N–C) groups is 1. The molecule has 0 saturated carbocycles. The van der Waals surface area contributed by atoms with E-state index in [1.54, 1.807) is 0 Å². The monoisotopic (exact) mass is 504 g/mol. The first-order chi connectivity index (χ1) is 18.7. The zero-order valence-corrected chi connectivity index (χ0v) is 21.7. The quantitative estimate of drug-likeness (QED) is 0.265. The lowest BCUT2D eigenvalue weighted by atomic mass is 9.73. The van der Waals surface area contributed by atoms with Crippen LogP contribution in [0.2, 0.25) is 0 Å². The van der Waals surface area contributed by atoms with Crippen molar-refractivity contribution < 1.29 is 0 Å². The van der Waals surface area contributed by atoms with E-state index in [0.717, 1.165) is 49.7 Å². The molecule has 0 amide bonds. The molecule has 7 heteroatoms. The molecule has 3 aromatic carbocycles. The third-order valence-electron chi connectivity index (χ3n) is 7.89. The number of nitrogens with one attached hydrogen (secondary N) is 3. The summed E-state index contributed by atoms with van der Waals surface area (Å²) in [4.78, 5) is 14.4. The molecule has 0 bridgehead atoms. The molecule has 1 aromatic heterocycles. The van der Waals surface area contributed by atoms with E-state index in [2.05, 4.69) is 101 Å². The van der Waals surface area contributed by atoms with Gasteiger partial charge in [-0.05, 0) is 50.0 Å². The lowest BCUT2D eigenvalue weighted by Gasteiger charge is -2.40. The molecular formula is C31H34N7+. The minimum Gasteiger partial charge on any atom is -0.348 e. The molecular weight excluding hydrogens is 470 g/mol. The van der Waals surface area contributed by atoms with Gasteiger partial charge in [-0.3, -0.25) is 0 Å². The Bertz CT molecular complexity index is 1400. The van der Waals surface area contributed by atoms with Crippen molar-refractivity contribution in [2.45, 2.75) is 31.2 Å². The zero-order chi connectivity index (χ0) is 25.8. The van der Waals surface area contributed by atoms with Crippen molar-refractivity contribution >= 4 is 29.5 Å². The Hall–Kier alpha value is -3.91. The maximum atomic E-state index is 5.03. The number of aromatic nitrogens is 2. The minimum absolute atomic E-state index is 0.0130. The highest BCUT2D eigenvalue weighted by molar-refractivity contribution is 5.93. The lowest BCUT2D eigenvalue weighted by molar-refractivity contribution is 0.256. The fourth-order valence-electron chi connectivity index (χ4n) is 5.65. The van der Waals surface area contributed by atoms with Gasteiger partial charge in [0.05, 0.1) is 12.6 Å². The highest BCUT2D eigenvalue weighted by atomic mass is 15.7. The lowest BCUT2D eigenvalue weighted by Crippen LogP contribution is -2.59. The standard InChI is InChI=1S/C31H34N7/c1-24(25-10-4-2-5-11-25)36-30-33-19-16-29(37-30)38(23-34-27-14-8-9-15-28(27)38)35-22-31(17-20-32-21-18-31)26-12-6-3-7-13-26/h2-16,19,23-24,32,35H,17-18,20-22H2,1H3,(H,33,36,37)/q+1. The number of quaternary nitrogens is 1. The number of hydrogen-bond donors (Lipinski definition) is 3. The van der Waals surface area contributed by atoms with Crippen LogP contribution < -0.4 is 20.7 Å². The van der Waals surface area contributed by atoms with Crippen molar-refractivity contribution in [2.75, 3.05) is 25.0 Å². The number of rotatable bonds is 8. The smallest absolute Gasteiger partial charge is 0.263 e. The molecule has 38 heavy (non-hydrogen) atoms. The van der Waals surface area contributed by atoms with Crippen LogP contribution >= 0.6 is 0 Å². The predicted molar refractivity (Wildman–Crippen MR) is 155 cm³/mol. The minimum atomic E-state index is 0.0130. The molecule has 0 aliphatic carbocycles. The summed E-state index contributed by atoms with van der Waals surface area (Å²) in [5, 5.41) is 7.03. The SMILES string of the molecule is CC(Nc1nccc([N+]2(NCC3(c4ccccc4)CCNCC3)C=Nc3ccccc32)n1)c1ccccc1. The fraction of sp³-hybridized carbons (Fsp3) is 0.258. The van der Waals surface area contributed by atoms with E-state index in [1.165, 1.54) is 11.1 Å². The van der Waals surface area contributed by atoms with Crippen LogP contribution in [0.4, 0.5) is 23.1 Å². The Kier molecular flexibility index (Phi) is 6.72. The Morgan fingerprint density at radius 1 is 0.895 bits per heavy atom. The van der Waals surface area contributed by atoms with Crippen LogP contribution in [0.3, 0.4) is 0 Å². The molecule has 2 unspecified atom stereocenters. The van der Waals surface area contributed by atoms with Crippen molar-refractivity contribution in [1.82, 2.24) is 25.3 Å². The fourth-order valence-corrected chi connectivity index (χ4v) is 5.65. The van der Waals surface area contributed by atoms with Crippen molar-refractivity contribution in [2.24, 2.45) is 4.99 Å². The largest absolute Gasteiger partial charge is 0.348 e. The van der Waals surface area contributed by atoms with E-state index in [9.17, 15) is 0 Å². The van der Waals surface area contributed by atoms with Crippen LogP contribution in [0, 0.1) is 0 Å². The molecule has 1 saturated heterocycles. The second-order valence-electron chi connectivity index (χ2n) is 10.2. The maximum Gasteiger partial charge on any atom is 0.263 e. The number of nitrogens with zero attached hydrogens (tertiary/aromatic N) is 4. The van der Waals surface area contributed by atoms with Gasteiger partial charge in [0, 0.05) is 23.7 Å². The molecule has 4 aromatic rings. The number of fused-ring (bicyclic) bond motifs is 1. The van der Waals surface area contributed by atoms with Gasteiger partial charge in [0.2, 0.25) is 12.3 Å². The summed E-state index contributed by atoms with van der Waals surface area (Å²) in [6, 6.07) is 31.6. The van der Waals surface area contributed by atoms with E-state index in [4.69, 9.17) is 9.98 Å². The highest BCUT2D eigenvalue weighted by Gasteiger charge is 2.44. The average Bonchev–Trinajstić information content (AvgIpc) is 3.37. The van der Waals surface area contributed by atoms with Crippen molar-refractivity contribution in [1.29, 1.82) is 0 Å². The van der Waals surface area contributed by atoms with Crippen molar-refractivity contribution in [3.05, 3.63) is 108 Å². The van der Waals surface area contributed by atoms with Gasteiger partial charge in [-0.15, -0.1) is 10.0 Å². The van der Waals surface area contributed by atoms with Crippen molar-refractivity contribution in [3.63, 3.8) is 0 Å². The summed E-state index contributed by atoms with van der Waals surface area (Å²) in [5.41, 5.74) is 8.51. The number of piperidine rings is 1. The first kappa shape index (κ1) is 24.4. The molecule has 2 aliphatic rings. The number of anilines is 1. The van der Waals surface area contributed by atoms with E-state index < -0.39 is 0 Å². The maximum absolute atomic E-state index is 5.03. The molecule has 7 nitrogen and oxygen atoms in total. The molecule has 0 radical (unpaired) electrons. The molecule has 2 atom stereocenters. The van der Waals surface area contributed by atoms with E-state index in [0.29, 0.717) is 5.95 Å². The third kappa shape index (κ3) is 4.60. The number of hydrogen-bond acceptors (Lipinski definition) is 6. The summed E-state index contributed by atoms with van der Waals surface area (Å²) in [7, 11) is 0. The van der Waals surface area contributed by atoms with Gasteiger partial charge in [-0.1, -0.05) is 72.8 Å². The highest BCUT2D eigenvalue weighted by Crippen LogP contribution is 2.43. The summed E-state index contributed by atoms with van der Waals surface area (Å²) >= 11 is 0. The van der Waals surface area contributed by atoms with Gasteiger partial charge in [0.15, 0.2) is 5.69 Å². The van der Waals surface area contributed by atoms with Gasteiger partial charge in [0.25, 0.3) is 5.82 Å². The summed E-state index contributed by atoms with van der Waals surface area (Å²) < 4.78 is 0.245. The van der Waals surface area contributed by atoms with Gasteiger partial charge >= 0.3 is 0 Å². The third-order valence-corrected chi connectivity index (χ3v) is 7.89. The van der Waals surface area contributed by atoms with Crippen LogP contribution in [0.15, 0.2) is 102 Å². The van der Waals surface area contributed by atoms with Crippen LogP contribution in [0.25, 0.3) is 0 Å². The van der Waals surface area contributed by atoms with Crippen LogP contribution in [-0.4, -0.2) is 35.9 Å². The van der Waals surface area contributed by atoms with Gasteiger partial charge in [-0.2, -0.15) is 9.98 Å². The molecule has 6 rings (SSSR count). The van der Waals surface area contributed by atoms with Crippen LogP contribution in [0.1, 0.15) is 36.9 Å². The molecule has 1 fully saturated rings. The first-order valence-corrected chi connectivity index (χ1v) is 13.4. The molecule has 3 N–H and O–H groups in total. The van der Waals surface area contributed by atoms with Crippen LogP contribution in [-0.2, 0) is 5.41 Å². The van der Waals surface area contributed by atoms with Gasteiger partial charge < -0.3 is 10.6 Å². The second-order valence-corrected chi connectivity index (χ2v) is 10.2. The summed E-state index contributed by atoms with van der Waals surface area (Å²) in [6.07, 6.45) is 5.93. The van der Waals surface area contributed by atoms with Gasteiger partial charge in [-0.25, -0.2) is 4.98 Å². The Balaban J connectivity index is 1.36. The number of para-hydroxylation sites is 2. The Morgan fingerprint density at radius 3 is 2.39 bits per heavy atom. The second kappa shape index (κ2) is 10.5. The molecule has 0 spiro atoms. The van der Waals surface area contributed by atoms with E-state index in [-0.39, 0.29) is 16.0 Å². The topological polar surface area (TPSA) is 74.2 Å². The molecule has 3 heterocycles. The summed E-state index contributed by atoms with van der Waals surface area (Å²) in [6.45, 7) is 4.91. The summed E-state index contributed by atoms with van der Waals surface area (Å²) in [5.74, 6) is 1.42. The Morgan fingerprint density at radius 2 is 1.61 bits per heavy atom. The first-order valence-electron chi connectivity index (χ1n) is 13.4. The van der Waals surface area contributed by atoms with Crippen LogP contribution in [0.5, 0.6) is 0 Å².